The number of hydrogen-bond donors (Lipinski definition) is 3. The van der Waals surface area contributed by atoms with Crippen LogP contribution in [0.2, 0.25) is 0 Å². The molecule has 4 heterocycles. The number of likely N-dealkylation sites (tertiary alicyclic amines) is 1. The van der Waals surface area contributed by atoms with Crippen LogP contribution in [0.25, 0.3) is 11.7 Å². The van der Waals surface area contributed by atoms with Crippen LogP contribution in [0, 0.1) is 12.8 Å². The largest absolute Gasteiger partial charge is 0.494 e. The monoisotopic (exact) mass is 496 g/mol. The number of hydrogen-bond acceptors (Lipinski definition) is 6. The van der Waals surface area contributed by atoms with Gasteiger partial charge in [-0.25, -0.2) is 0 Å². The number of aromatic nitrogens is 3. The third-order valence-corrected chi connectivity index (χ3v) is 7.70. The Bertz CT molecular complexity index is 1280. The van der Waals surface area contributed by atoms with Crippen molar-refractivity contribution in [3.05, 3.63) is 33.3 Å². The van der Waals surface area contributed by atoms with E-state index in [1.807, 2.05) is 18.7 Å². The van der Waals surface area contributed by atoms with E-state index < -0.39 is 11.5 Å². The molecule has 0 atom stereocenters. The number of carbonyl (C=O) groups excluding carboxylic acids is 2. The minimum atomic E-state index is -0.664. The maximum absolute atomic E-state index is 13.3. The zero-order valence-electron chi connectivity index (χ0n) is 21.3. The summed E-state index contributed by atoms with van der Waals surface area (Å²) in [6, 6.07) is 0.0447. The number of aryl methyl sites for hydroxylation is 1. The number of rotatable bonds is 6. The summed E-state index contributed by atoms with van der Waals surface area (Å²) in [5.74, 6) is -0.871. The first-order valence-corrected chi connectivity index (χ1v) is 13.1. The summed E-state index contributed by atoms with van der Waals surface area (Å²) in [6.45, 7) is 8.70. The molecule has 1 aliphatic carbocycles. The first kappa shape index (κ1) is 24.5. The van der Waals surface area contributed by atoms with Crippen LogP contribution in [-0.4, -0.2) is 67.2 Å². The summed E-state index contributed by atoms with van der Waals surface area (Å²) < 4.78 is 2.76. The predicted octanol–water partition coefficient (Wildman–Crippen LogP) is 1.82. The molecule has 1 saturated carbocycles. The van der Waals surface area contributed by atoms with E-state index in [1.165, 1.54) is 4.52 Å². The second-order valence-corrected chi connectivity index (χ2v) is 10.9. The molecule has 2 amide bonds. The van der Waals surface area contributed by atoms with Gasteiger partial charge >= 0.3 is 0 Å². The molecular formula is C26H36N6O4. The van der Waals surface area contributed by atoms with Crippen molar-refractivity contribution in [2.75, 3.05) is 19.6 Å². The van der Waals surface area contributed by atoms with Crippen LogP contribution in [0.5, 0.6) is 5.88 Å². The van der Waals surface area contributed by atoms with E-state index in [-0.39, 0.29) is 34.8 Å². The highest BCUT2D eigenvalue weighted by atomic mass is 16.3. The van der Waals surface area contributed by atoms with Crippen molar-refractivity contribution in [3.63, 3.8) is 0 Å². The summed E-state index contributed by atoms with van der Waals surface area (Å²) in [7, 11) is 0. The van der Waals surface area contributed by atoms with Crippen LogP contribution < -0.4 is 16.2 Å². The Morgan fingerprint density at radius 3 is 2.64 bits per heavy atom. The number of piperidine rings is 1. The maximum atomic E-state index is 13.3. The van der Waals surface area contributed by atoms with Gasteiger partial charge in [-0.3, -0.25) is 19.0 Å². The van der Waals surface area contributed by atoms with Gasteiger partial charge in [0.2, 0.25) is 11.8 Å². The van der Waals surface area contributed by atoms with Gasteiger partial charge in [-0.1, -0.05) is 13.8 Å². The molecule has 10 heteroatoms. The molecule has 36 heavy (non-hydrogen) atoms. The van der Waals surface area contributed by atoms with E-state index in [4.69, 9.17) is 0 Å². The second-order valence-electron chi connectivity index (χ2n) is 10.9. The Morgan fingerprint density at radius 2 is 1.97 bits per heavy atom. The molecule has 2 aliphatic heterocycles. The van der Waals surface area contributed by atoms with E-state index in [1.54, 1.807) is 23.6 Å². The summed E-state index contributed by atoms with van der Waals surface area (Å²) in [6.07, 6.45) is 8.94. The van der Waals surface area contributed by atoms with Crippen molar-refractivity contribution >= 4 is 23.5 Å². The number of aromatic hydroxyl groups is 1. The van der Waals surface area contributed by atoms with Gasteiger partial charge in [0.15, 0.2) is 5.56 Å². The predicted molar refractivity (Wildman–Crippen MR) is 136 cm³/mol. The van der Waals surface area contributed by atoms with Gasteiger partial charge in [0.05, 0.1) is 5.69 Å². The molecule has 0 radical (unpaired) electrons. The van der Waals surface area contributed by atoms with E-state index in [2.05, 4.69) is 15.7 Å². The van der Waals surface area contributed by atoms with Crippen molar-refractivity contribution in [2.45, 2.75) is 77.4 Å². The molecule has 2 aromatic heterocycles. The van der Waals surface area contributed by atoms with Gasteiger partial charge < -0.3 is 20.6 Å². The van der Waals surface area contributed by atoms with Gasteiger partial charge in [-0.05, 0) is 70.5 Å². The maximum Gasteiger partial charge on any atom is 0.291 e. The number of fused-ring (bicyclic) bond motifs is 1. The van der Waals surface area contributed by atoms with E-state index in [9.17, 15) is 19.5 Å². The minimum Gasteiger partial charge on any atom is -0.494 e. The number of carbonyl (C=O) groups is 2. The zero-order valence-corrected chi connectivity index (χ0v) is 21.3. The standard InChI is InChI=1S/C26H36N6O4/c1-16(2)15-30-23-19(7-8-20(33)31-14-4-9-26(31)10-12-27-13-11-26)17(3)29-32(23)25(36)21(24(30)35)22(34)28-18-5-6-18/h7-8,16,18,27,35H,4-6,9-15H2,1-3H3,(H,28,34). The fourth-order valence-corrected chi connectivity index (χ4v) is 5.72. The lowest BCUT2D eigenvalue weighted by atomic mass is 9.85. The van der Waals surface area contributed by atoms with Crippen molar-refractivity contribution < 1.29 is 14.7 Å². The highest BCUT2D eigenvalue weighted by Crippen LogP contribution is 2.37. The third kappa shape index (κ3) is 4.31. The van der Waals surface area contributed by atoms with Gasteiger partial charge in [-0.2, -0.15) is 9.61 Å². The molecule has 3 aliphatic rings. The van der Waals surface area contributed by atoms with Gasteiger partial charge in [0.25, 0.3) is 11.5 Å². The molecule has 194 valence electrons. The molecule has 0 aromatic carbocycles. The number of nitrogens with zero attached hydrogens (tertiary/aromatic N) is 4. The van der Waals surface area contributed by atoms with Crippen LogP contribution in [0.1, 0.15) is 74.0 Å². The molecule has 3 N–H and O–H groups in total. The SMILES string of the molecule is Cc1nn2c(=O)c(C(=O)NC3CC3)c(O)n(CC(C)C)c2c1C=CC(=O)N1CCCC12CCNCC2. The van der Waals surface area contributed by atoms with Crippen LogP contribution in [-0.2, 0) is 11.3 Å². The van der Waals surface area contributed by atoms with Gasteiger partial charge in [0.1, 0.15) is 5.65 Å². The fraction of sp³-hybridized carbons (Fsp3) is 0.615. The molecular weight excluding hydrogens is 460 g/mol. The van der Waals surface area contributed by atoms with Crippen molar-refractivity contribution in [1.82, 2.24) is 29.7 Å². The molecule has 2 saturated heterocycles. The van der Waals surface area contributed by atoms with E-state index in [0.29, 0.717) is 23.4 Å². The van der Waals surface area contributed by atoms with Crippen LogP contribution in [0.3, 0.4) is 0 Å². The first-order chi connectivity index (χ1) is 17.2. The topological polar surface area (TPSA) is 121 Å². The average molecular weight is 497 g/mol. The Morgan fingerprint density at radius 1 is 1.25 bits per heavy atom. The number of nitrogens with one attached hydrogen (secondary N) is 2. The van der Waals surface area contributed by atoms with Crippen molar-refractivity contribution in [3.8, 4) is 5.88 Å². The summed E-state index contributed by atoms with van der Waals surface area (Å²) in [4.78, 5) is 41.5. The van der Waals surface area contributed by atoms with E-state index in [0.717, 1.165) is 58.2 Å². The molecule has 10 nitrogen and oxygen atoms in total. The second kappa shape index (κ2) is 9.38. The summed E-state index contributed by atoms with van der Waals surface area (Å²) >= 11 is 0. The van der Waals surface area contributed by atoms with Gasteiger partial charge in [-0.15, -0.1) is 0 Å². The lowest BCUT2D eigenvalue weighted by Crippen LogP contribution is -2.52. The van der Waals surface area contributed by atoms with E-state index >= 15 is 0 Å². The summed E-state index contributed by atoms with van der Waals surface area (Å²) in [5, 5.41) is 21.7. The lowest BCUT2D eigenvalue weighted by molar-refractivity contribution is -0.130. The smallest absolute Gasteiger partial charge is 0.291 e. The summed E-state index contributed by atoms with van der Waals surface area (Å²) in [5.41, 5.74) is 0.477. The third-order valence-electron chi connectivity index (χ3n) is 7.70. The molecule has 0 unspecified atom stereocenters. The molecule has 5 rings (SSSR count). The molecule has 3 fully saturated rings. The van der Waals surface area contributed by atoms with Crippen LogP contribution in [0.15, 0.2) is 10.9 Å². The van der Waals surface area contributed by atoms with Crippen LogP contribution in [0.4, 0.5) is 0 Å². The Kier molecular flexibility index (Phi) is 6.40. The Hall–Kier alpha value is -3.14. The molecule has 1 spiro atoms. The quantitative estimate of drug-likeness (QED) is 0.525. The first-order valence-electron chi connectivity index (χ1n) is 13.1. The average Bonchev–Trinajstić information content (AvgIpc) is 3.46. The van der Waals surface area contributed by atoms with Crippen molar-refractivity contribution in [2.24, 2.45) is 5.92 Å². The zero-order chi connectivity index (χ0) is 25.6. The highest BCUT2D eigenvalue weighted by Gasteiger charge is 2.43. The lowest BCUT2D eigenvalue weighted by Gasteiger charge is -2.41. The highest BCUT2D eigenvalue weighted by molar-refractivity contribution is 5.97. The number of amides is 2. The minimum absolute atomic E-state index is 0.0447. The van der Waals surface area contributed by atoms with Crippen LogP contribution >= 0.6 is 0 Å². The molecule has 2 aromatic rings. The molecule has 0 bridgehead atoms. The Balaban J connectivity index is 1.55. The van der Waals surface area contributed by atoms with Gasteiger partial charge in [0, 0.05) is 36.3 Å². The van der Waals surface area contributed by atoms with Crippen molar-refractivity contribution in [1.29, 1.82) is 0 Å². The fourth-order valence-electron chi connectivity index (χ4n) is 5.72. The Labute approximate surface area is 210 Å². The normalized spacial score (nSPS) is 19.7.